The molecule has 1 heterocycles. The van der Waals surface area contributed by atoms with Crippen molar-refractivity contribution in [2.75, 3.05) is 26.3 Å². The summed E-state index contributed by atoms with van der Waals surface area (Å²) < 4.78 is 46.1. The van der Waals surface area contributed by atoms with Crippen LogP contribution in [0.2, 0.25) is 0 Å². The van der Waals surface area contributed by atoms with Crippen LogP contribution in [0.3, 0.4) is 0 Å². The van der Waals surface area contributed by atoms with Gasteiger partial charge in [0.15, 0.2) is 0 Å². The van der Waals surface area contributed by atoms with Crippen LogP contribution in [-0.2, 0) is 10.0 Å². The van der Waals surface area contributed by atoms with Gasteiger partial charge < -0.3 is 9.84 Å². The van der Waals surface area contributed by atoms with E-state index in [-0.39, 0.29) is 48.1 Å². The highest BCUT2D eigenvalue weighted by Crippen LogP contribution is 2.36. The first-order valence-corrected chi connectivity index (χ1v) is 10.1. The van der Waals surface area contributed by atoms with E-state index in [2.05, 4.69) is 0 Å². The molecule has 0 radical (unpaired) electrons. The molecule has 0 unspecified atom stereocenters. The number of aliphatic hydroxyl groups excluding tert-OH is 1. The third kappa shape index (κ3) is 3.94. The van der Waals surface area contributed by atoms with E-state index in [0.29, 0.717) is 0 Å². The number of benzene rings is 2. The Kier molecular flexibility index (Phi) is 5.58. The number of sulfonamides is 1. The van der Waals surface area contributed by atoms with E-state index < -0.39 is 21.3 Å². The maximum absolute atomic E-state index is 13.7. The van der Waals surface area contributed by atoms with Gasteiger partial charge in [-0.3, -0.25) is 0 Å². The molecule has 0 atom stereocenters. The number of aliphatic hydroxyl groups is 1. The highest BCUT2D eigenvalue weighted by atomic mass is 32.2. The fourth-order valence-corrected chi connectivity index (χ4v) is 4.91. The Morgan fingerprint density at radius 2 is 1.86 bits per heavy atom. The monoisotopic (exact) mass is 415 g/mol. The molecule has 0 spiro atoms. The summed E-state index contributed by atoms with van der Waals surface area (Å²) in [5.41, 5.74) is -0.108. The third-order valence-corrected chi connectivity index (χ3v) is 6.69. The van der Waals surface area contributed by atoms with Gasteiger partial charge in [0.05, 0.1) is 34.7 Å². The molecule has 2 aromatic carbocycles. The number of rotatable bonds is 6. The van der Waals surface area contributed by atoms with Gasteiger partial charge in [-0.1, -0.05) is 6.07 Å². The molecule has 9 heteroatoms. The van der Waals surface area contributed by atoms with Crippen molar-refractivity contribution in [3.8, 4) is 17.9 Å². The zero-order valence-corrected chi connectivity index (χ0v) is 16.4. The Hall–Kier alpha value is -2.98. The summed E-state index contributed by atoms with van der Waals surface area (Å²) in [7, 11) is -3.89. The lowest BCUT2D eigenvalue weighted by molar-refractivity contribution is -0.0273. The second-order valence-corrected chi connectivity index (χ2v) is 8.99. The summed E-state index contributed by atoms with van der Waals surface area (Å²) in [6, 6.07) is 11.9. The molecule has 0 aliphatic carbocycles. The zero-order valence-electron chi connectivity index (χ0n) is 15.6. The average molecular weight is 415 g/mol. The molecular weight excluding hydrogens is 397 g/mol. The quantitative estimate of drug-likeness (QED) is 0.771. The van der Waals surface area contributed by atoms with Gasteiger partial charge in [-0.2, -0.15) is 14.8 Å². The first-order chi connectivity index (χ1) is 13.7. The normalized spacial score (nSPS) is 15.8. The number of ether oxygens (including phenoxy) is 1. The Morgan fingerprint density at radius 1 is 1.17 bits per heavy atom. The summed E-state index contributed by atoms with van der Waals surface area (Å²) in [4.78, 5) is -0.0766. The molecule has 29 heavy (non-hydrogen) atoms. The molecule has 1 fully saturated rings. The lowest BCUT2D eigenvalue weighted by Gasteiger charge is -2.47. The van der Waals surface area contributed by atoms with Crippen molar-refractivity contribution in [1.29, 1.82) is 10.5 Å². The molecule has 1 aliphatic rings. The number of hydrogen-bond donors (Lipinski definition) is 1. The molecule has 1 aliphatic heterocycles. The average Bonchev–Trinajstić information content (AvgIpc) is 2.67. The zero-order chi connectivity index (χ0) is 21.2. The lowest BCUT2D eigenvalue weighted by Crippen LogP contribution is -2.62. The summed E-state index contributed by atoms with van der Waals surface area (Å²) in [5, 5.41) is 27.8. The predicted octanol–water partition coefficient (Wildman–Crippen LogP) is 1.94. The Bertz CT molecular complexity index is 1130. The second kappa shape index (κ2) is 7.80. The van der Waals surface area contributed by atoms with Crippen LogP contribution in [-0.4, -0.2) is 44.1 Å². The van der Waals surface area contributed by atoms with Gasteiger partial charge in [-0.05, 0) is 36.8 Å². The van der Waals surface area contributed by atoms with E-state index in [1.54, 1.807) is 19.1 Å². The minimum Gasteiger partial charge on any atom is -0.493 e. The Balaban J connectivity index is 1.72. The molecule has 7 nitrogen and oxygen atoms in total. The van der Waals surface area contributed by atoms with Crippen molar-refractivity contribution in [3.63, 3.8) is 0 Å². The second-order valence-electron chi connectivity index (χ2n) is 7.08. The Labute approximate surface area is 168 Å². The molecule has 3 rings (SSSR count). The van der Waals surface area contributed by atoms with Gasteiger partial charge in [-0.25, -0.2) is 12.8 Å². The minimum absolute atomic E-state index is 0.00331. The van der Waals surface area contributed by atoms with Crippen molar-refractivity contribution < 1.29 is 22.7 Å². The minimum atomic E-state index is -3.89. The molecule has 1 saturated heterocycles. The summed E-state index contributed by atoms with van der Waals surface area (Å²) in [6.07, 6.45) is 0. The van der Waals surface area contributed by atoms with Crippen LogP contribution in [0.5, 0.6) is 5.75 Å². The van der Waals surface area contributed by atoms with E-state index in [4.69, 9.17) is 10.00 Å². The number of nitriles is 2. The summed E-state index contributed by atoms with van der Waals surface area (Å²) in [5.74, 6) is -0.537. The molecule has 2 aromatic rings. The largest absolute Gasteiger partial charge is 0.493 e. The molecule has 0 amide bonds. The maximum Gasteiger partial charge on any atom is 0.244 e. The standard InChI is InChI=1S/C20H18FN3O4S/c1-14-2-5-19(16(6-14)9-23)29(26,27)24-10-20(11-24,12-25)13-28-17-4-3-15(8-22)18(21)7-17/h2-7,25H,10-13H2,1H3. The van der Waals surface area contributed by atoms with Gasteiger partial charge in [0.2, 0.25) is 10.0 Å². The van der Waals surface area contributed by atoms with Gasteiger partial charge >= 0.3 is 0 Å². The van der Waals surface area contributed by atoms with Crippen LogP contribution in [0.15, 0.2) is 41.3 Å². The van der Waals surface area contributed by atoms with E-state index in [1.165, 1.54) is 28.6 Å². The van der Waals surface area contributed by atoms with Crippen molar-refractivity contribution in [2.24, 2.45) is 5.41 Å². The van der Waals surface area contributed by atoms with Crippen molar-refractivity contribution in [2.45, 2.75) is 11.8 Å². The molecule has 150 valence electrons. The Morgan fingerprint density at radius 3 is 2.45 bits per heavy atom. The third-order valence-electron chi connectivity index (χ3n) is 4.84. The summed E-state index contributed by atoms with van der Waals surface area (Å²) in [6.45, 7) is 1.42. The predicted molar refractivity (Wildman–Crippen MR) is 101 cm³/mol. The topological polar surface area (TPSA) is 114 Å². The van der Waals surface area contributed by atoms with E-state index in [9.17, 15) is 23.2 Å². The summed E-state index contributed by atoms with van der Waals surface area (Å²) >= 11 is 0. The van der Waals surface area contributed by atoms with Crippen LogP contribution in [0.1, 0.15) is 16.7 Å². The molecule has 1 N–H and O–H groups in total. The number of halogens is 1. The van der Waals surface area contributed by atoms with Crippen molar-refractivity contribution in [3.05, 3.63) is 58.9 Å². The van der Waals surface area contributed by atoms with Gasteiger partial charge in [0.1, 0.15) is 23.7 Å². The maximum atomic E-state index is 13.7. The number of hydrogen-bond acceptors (Lipinski definition) is 6. The molecular formula is C20H18FN3O4S. The SMILES string of the molecule is Cc1ccc(S(=O)(=O)N2CC(CO)(COc3ccc(C#N)c(F)c3)C2)c(C#N)c1. The van der Waals surface area contributed by atoms with Crippen LogP contribution in [0.25, 0.3) is 0 Å². The van der Waals surface area contributed by atoms with Crippen molar-refractivity contribution in [1.82, 2.24) is 4.31 Å². The van der Waals surface area contributed by atoms with Crippen LogP contribution >= 0.6 is 0 Å². The van der Waals surface area contributed by atoms with Crippen LogP contribution < -0.4 is 4.74 Å². The first-order valence-electron chi connectivity index (χ1n) is 8.69. The molecule has 0 bridgehead atoms. The molecule has 0 aromatic heterocycles. The van der Waals surface area contributed by atoms with E-state index in [0.717, 1.165) is 11.6 Å². The molecule has 0 saturated carbocycles. The highest BCUT2D eigenvalue weighted by Gasteiger charge is 2.49. The highest BCUT2D eigenvalue weighted by molar-refractivity contribution is 7.89. The first kappa shape index (κ1) is 20.7. The fourth-order valence-electron chi connectivity index (χ4n) is 3.12. The van der Waals surface area contributed by atoms with Gasteiger partial charge in [0.25, 0.3) is 0 Å². The van der Waals surface area contributed by atoms with Crippen molar-refractivity contribution >= 4 is 10.0 Å². The van der Waals surface area contributed by atoms with Crippen LogP contribution in [0.4, 0.5) is 4.39 Å². The number of nitrogens with zero attached hydrogens (tertiary/aromatic N) is 3. The fraction of sp³-hybridized carbons (Fsp3) is 0.300. The van der Waals surface area contributed by atoms with Gasteiger partial charge in [-0.15, -0.1) is 0 Å². The van der Waals surface area contributed by atoms with E-state index in [1.807, 2.05) is 6.07 Å². The lowest BCUT2D eigenvalue weighted by atomic mass is 9.83. The number of aryl methyl sites for hydroxylation is 1. The van der Waals surface area contributed by atoms with Gasteiger partial charge in [0, 0.05) is 19.2 Å². The smallest absolute Gasteiger partial charge is 0.244 e. The van der Waals surface area contributed by atoms with Crippen LogP contribution in [0, 0.1) is 40.8 Å². The van der Waals surface area contributed by atoms with E-state index >= 15 is 0 Å².